The summed E-state index contributed by atoms with van der Waals surface area (Å²) >= 11 is 0. The number of carbonyl (C=O) groups is 2. The van der Waals surface area contributed by atoms with Gasteiger partial charge in [0, 0.05) is 6.54 Å². The zero-order valence-electron chi connectivity index (χ0n) is 13.4. The Kier molecular flexibility index (Phi) is 4.12. The number of hydrogen-bond acceptors (Lipinski definition) is 2. The van der Waals surface area contributed by atoms with Crippen LogP contribution in [-0.2, 0) is 9.59 Å². The lowest BCUT2D eigenvalue weighted by atomic mass is 9.89. The SMILES string of the molecule is CCC(C)C1NC(=O)C(C)N(CC2(C(C)C)CC2)C1=O. The van der Waals surface area contributed by atoms with Crippen LogP contribution in [0.15, 0.2) is 0 Å². The van der Waals surface area contributed by atoms with Crippen molar-refractivity contribution in [2.24, 2.45) is 17.3 Å². The third-order valence-electron chi connectivity index (χ3n) is 5.51. The molecule has 0 aromatic rings. The highest BCUT2D eigenvalue weighted by Gasteiger charge is 2.50. The number of amides is 2. The van der Waals surface area contributed by atoms with Crippen molar-refractivity contribution in [2.75, 3.05) is 6.54 Å². The average Bonchev–Trinajstić information content (AvgIpc) is 3.19. The van der Waals surface area contributed by atoms with Crippen molar-refractivity contribution < 1.29 is 9.59 Å². The number of nitrogens with zero attached hydrogens (tertiary/aromatic N) is 1. The minimum Gasteiger partial charge on any atom is -0.342 e. The maximum Gasteiger partial charge on any atom is 0.246 e. The first-order chi connectivity index (χ1) is 9.32. The van der Waals surface area contributed by atoms with E-state index in [1.54, 1.807) is 0 Å². The summed E-state index contributed by atoms with van der Waals surface area (Å²) < 4.78 is 0. The van der Waals surface area contributed by atoms with Crippen LogP contribution < -0.4 is 5.32 Å². The summed E-state index contributed by atoms with van der Waals surface area (Å²) in [5.74, 6) is 0.859. The van der Waals surface area contributed by atoms with E-state index in [9.17, 15) is 9.59 Å². The Morgan fingerprint density at radius 1 is 1.30 bits per heavy atom. The molecule has 0 spiro atoms. The first-order valence-corrected chi connectivity index (χ1v) is 7.93. The molecular weight excluding hydrogens is 252 g/mol. The van der Waals surface area contributed by atoms with Gasteiger partial charge in [-0.05, 0) is 37.0 Å². The second-order valence-corrected chi connectivity index (χ2v) is 7.03. The van der Waals surface area contributed by atoms with Crippen LogP contribution in [0.1, 0.15) is 53.9 Å². The van der Waals surface area contributed by atoms with Gasteiger partial charge in [0.1, 0.15) is 12.1 Å². The van der Waals surface area contributed by atoms with Gasteiger partial charge < -0.3 is 10.2 Å². The molecule has 2 aliphatic rings. The molecule has 1 aliphatic carbocycles. The predicted molar refractivity (Wildman–Crippen MR) is 79.1 cm³/mol. The second kappa shape index (κ2) is 5.38. The summed E-state index contributed by atoms with van der Waals surface area (Å²) in [5, 5.41) is 2.90. The number of hydrogen-bond donors (Lipinski definition) is 1. The summed E-state index contributed by atoms with van der Waals surface area (Å²) in [4.78, 5) is 26.7. The third-order valence-corrected chi connectivity index (χ3v) is 5.51. The van der Waals surface area contributed by atoms with Crippen LogP contribution in [0, 0.1) is 17.3 Å². The molecule has 0 bridgehead atoms. The summed E-state index contributed by atoms with van der Waals surface area (Å²) in [5.41, 5.74) is 0.252. The van der Waals surface area contributed by atoms with Crippen LogP contribution in [0.2, 0.25) is 0 Å². The average molecular weight is 280 g/mol. The lowest BCUT2D eigenvalue weighted by Crippen LogP contribution is -2.65. The molecule has 4 nitrogen and oxygen atoms in total. The van der Waals surface area contributed by atoms with Crippen molar-refractivity contribution in [3.05, 3.63) is 0 Å². The van der Waals surface area contributed by atoms with E-state index in [4.69, 9.17) is 0 Å². The third kappa shape index (κ3) is 2.57. The highest BCUT2D eigenvalue weighted by molar-refractivity contribution is 5.96. The Labute approximate surface area is 122 Å². The molecule has 2 amide bonds. The molecule has 114 valence electrons. The van der Waals surface area contributed by atoms with Crippen molar-refractivity contribution in [1.29, 1.82) is 0 Å². The second-order valence-electron chi connectivity index (χ2n) is 7.03. The van der Waals surface area contributed by atoms with E-state index in [1.807, 2.05) is 18.7 Å². The first kappa shape index (κ1) is 15.3. The molecule has 0 aromatic carbocycles. The number of carbonyl (C=O) groups excluding carboxylic acids is 2. The van der Waals surface area contributed by atoms with Crippen LogP contribution in [0.3, 0.4) is 0 Å². The minimum atomic E-state index is -0.341. The van der Waals surface area contributed by atoms with Crippen LogP contribution in [0.5, 0.6) is 0 Å². The molecular formula is C16H28N2O2. The van der Waals surface area contributed by atoms with Crippen molar-refractivity contribution in [2.45, 2.75) is 66.0 Å². The van der Waals surface area contributed by atoms with E-state index < -0.39 is 0 Å². The number of piperazine rings is 1. The van der Waals surface area contributed by atoms with Gasteiger partial charge in [0.25, 0.3) is 0 Å². The Morgan fingerprint density at radius 3 is 2.35 bits per heavy atom. The van der Waals surface area contributed by atoms with Crippen LogP contribution in [0.25, 0.3) is 0 Å². The number of nitrogens with one attached hydrogen (secondary N) is 1. The summed E-state index contributed by atoms with van der Waals surface area (Å²) in [6, 6.07) is -0.675. The molecule has 3 unspecified atom stereocenters. The summed E-state index contributed by atoms with van der Waals surface area (Å²) in [6.45, 7) is 11.1. The van der Waals surface area contributed by atoms with Gasteiger partial charge in [-0.1, -0.05) is 34.1 Å². The van der Waals surface area contributed by atoms with Crippen molar-refractivity contribution >= 4 is 11.8 Å². The fraction of sp³-hybridized carbons (Fsp3) is 0.875. The van der Waals surface area contributed by atoms with E-state index in [-0.39, 0.29) is 35.2 Å². The standard InChI is InChI=1S/C16H28N2O2/c1-6-11(4)13-15(20)18(12(5)14(19)17-13)9-16(7-8-16)10(2)3/h10-13H,6-9H2,1-5H3,(H,17,19). The fourth-order valence-electron chi connectivity index (χ4n) is 3.10. The fourth-order valence-corrected chi connectivity index (χ4v) is 3.10. The van der Waals surface area contributed by atoms with Gasteiger partial charge in [-0.3, -0.25) is 9.59 Å². The summed E-state index contributed by atoms with van der Waals surface area (Å²) in [7, 11) is 0. The quantitative estimate of drug-likeness (QED) is 0.839. The van der Waals surface area contributed by atoms with Gasteiger partial charge in [-0.15, -0.1) is 0 Å². The monoisotopic (exact) mass is 280 g/mol. The molecule has 1 aliphatic heterocycles. The van der Waals surface area contributed by atoms with Gasteiger partial charge in [0.15, 0.2) is 0 Å². The normalized spacial score (nSPS) is 30.4. The maximum absolute atomic E-state index is 12.7. The predicted octanol–water partition coefficient (Wildman–Crippen LogP) is 2.18. The Morgan fingerprint density at radius 2 is 1.90 bits per heavy atom. The van der Waals surface area contributed by atoms with Crippen molar-refractivity contribution in [3.63, 3.8) is 0 Å². The highest BCUT2D eigenvalue weighted by Crippen LogP contribution is 2.52. The molecule has 20 heavy (non-hydrogen) atoms. The van der Waals surface area contributed by atoms with Crippen molar-refractivity contribution in [3.8, 4) is 0 Å². The van der Waals surface area contributed by atoms with Gasteiger partial charge in [0.05, 0.1) is 0 Å². The zero-order chi connectivity index (χ0) is 15.1. The smallest absolute Gasteiger partial charge is 0.246 e. The first-order valence-electron chi connectivity index (χ1n) is 7.93. The summed E-state index contributed by atoms with van der Waals surface area (Å²) in [6.07, 6.45) is 3.25. The van der Waals surface area contributed by atoms with Gasteiger partial charge in [-0.25, -0.2) is 0 Å². The van der Waals surface area contributed by atoms with E-state index in [1.165, 1.54) is 12.8 Å². The molecule has 1 N–H and O–H groups in total. The van der Waals surface area contributed by atoms with E-state index in [0.717, 1.165) is 13.0 Å². The molecule has 0 aromatic heterocycles. The Bertz CT molecular complexity index is 401. The number of rotatable bonds is 5. The molecule has 1 saturated heterocycles. The van der Waals surface area contributed by atoms with Crippen molar-refractivity contribution in [1.82, 2.24) is 10.2 Å². The van der Waals surface area contributed by atoms with E-state index in [2.05, 4.69) is 26.1 Å². The molecule has 3 atom stereocenters. The van der Waals surface area contributed by atoms with Gasteiger partial charge >= 0.3 is 0 Å². The minimum absolute atomic E-state index is 0.00513. The van der Waals surface area contributed by atoms with E-state index >= 15 is 0 Å². The van der Waals surface area contributed by atoms with E-state index in [0.29, 0.717) is 5.92 Å². The molecule has 1 saturated carbocycles. The molecule has 2 fully saturated rings. The highest BCUT2D eigenvalue weighted by atomic mass is 16.2. The molecule has 0 radical (unpaired) electrons. The lowest BCUT2D eigenvalue weighted by molar-refractivity contribution is -0.151. The molecule has 1 heterocycles. The van der Waals surface area contributed by atoms with Gasteiger partial charge in [-0.2, -0.15) is 0 Å². The van der Waals surface area contributed by atoms with Crippen LogP contribution >= 0.6 is 0 Å². The van der Waals surface area contributed by atoms with Crippen LogP contribution in [-0.4, -0.2) is 35.3 Å². The molecule has 2 rings (SSSR count). The largest absolute Gasteiger partial charge is 0.342 e. The van der Waals surface area contributed by atoms with Gasteiger partial charge in [0.2, 0.25) is 11.8 Å². The Hall–Kier alpha value is -1.06. The van der Waals surface area contributed by atoms with Crippen LogP contribution in [0.4, 0.5) is 0 Å². The zero-order valence-corrected chi connectivity index (χ0v) is 13.4. The Balaban J connectivity index is 2.16. The lowest BCUT2D eigenvalue weighted by Gasteiger charge is -2.41. The maximum atomic E-state index is 12.7. The molecule has 4 heteroatoms. The topological polar surface area (TPSA) is 49.4 Å².